The first kappa shape index (κ1) is 14.4. The summed E-state index contributed by atoms with van der Waals surface area (Å²) in [6, 6.07) is 1.31. The molecule has 6 heteroatoms. The summed E-state index contributed by atoms with van der Waals surface area (Å²) in [4.78, 5) is 25.0. The highest BCUT2D eigenvalue weighted by Crippen LogP contribution is 2.29. The maximum absolute atomic E-state index is 13.3. The minimum absolute atomic E-state index is 0.0807. The number of amides is 1. The Hall–Kier alpha value is -1.98. The van der Waals surface area contributed by atoms with Crippen LogP contribution in [0.4, 0.5) is 8.78 Å². The topological polar surface area (TPSA) is 57.6 Å². The van der Waals surface area contributed by atoms with Gasteiger partial charge >= 0.3 is 5.97 Å². The van der Waals surface area contributed by atoms with Gasteiger partial charge in [-0.3, -0.25) is 4.79 Å². The first-order valence-electron chi connectivity index (χ1n) is 6.49. The summed E-state index contributed by atoms with van der Waals surface area (Å²) in [7, 11) is 0. The Morgan fingerprint density at radius 2 is 1.80 bits per heavy atom. The number of hydrogen-bond donors (Lipinski definition) is 1. The molecule has 1 aromatic carbocycles. The number of carboxylic acids is 1. The number of nitrogens with zero attached hydrogens (tertiary/aromatic N) is 1. The lowest BCUT2D eigenvalue weighted by Crippen LogP contribution is -2.35. The highest BCUT2D eigenvalue weighted by atomic mass is 19.2. The summed E-state index contributed by atoms with van der Waals surface area (Å²) in [5.41, 5.74) is -0.799. The standard InChI is InChI=1S/C14H15F2NO3/c1-2-5-17(8-3-4-8)13(18)9-6-11(15)12(16)7-10(9)14(19)20/h6-8H,2-5H2,1H3,(H,19,20). The third-order valence-corrected chi connectivity index (χ3v) is 3.23. The normalized spacial score (nSPS) is 14.2. The number of hydrogen-bond acceptors (Lipinski definition) is 2. The molecule has 1 saturated carbocycles. The number of carboxylic acid groups (broad SMARTS) is 1. The van der Waals surface area contributed by atoms with Gasteiger partial charge in [-0.1, -0.05) is 6.92 Å². The van der Waals surface area contributed by atoms with E-state index in [4.69, 9.17) is 5.11 Å². The molecular formula is C14H15F2NO3. The molecular weight excluding hydrogens is 268 g/mol. The molecule has 108 valence electrons. The lowest BCUT2D eigenvalue weighted by Gasteiger charge is -2.22. The Labute approximate surface area is 115 Å². The first-order chi connectivity index (χ1) is 9.45. The molecule has 2 rings (SSSR count). The van der Waals surface area contributed by atoms with Crippen molar-refractivity contribution < 1.29 is 23.5 Å². The molecule has 1 amide bonds. The Morgan fingerprint density at radius 3 is 2.25 bits per heavy atom. The Morgan fingerprint density at radius 1 is 1.25 bits per heavy atom. The van der Waals surface area contributed by atoms with Crippen LogP contribution in [0.15, 0.2) is 12.1 Å². The highest BCUT2D eigenvalue weighted by Gasteiger charge is 2.34. The SMILES string of the molecule is CCCN(C(=O)c1cc(F)c(F)cc1C(=O)O)C1CC1. The van der Waals surface area contributed by atoms with Gasteiger partial charge in [0.2, 0.25) is 0 Å². The maximum Gasteiger partial charge on any atom is 0.336 e. The quantitative estimate of drug-likeness (QED) is 0.903. The monoisotopic (exact) mass is 283 g/mol. The van der Waals surface area contributed by atoms with Crippen molar-refractivity contribution in [1.82, 2.24) is 4.90 Å². The second-order valence-corrected chi connectivity index (χ2v) is 4.85. The highest BCUT2D eigenvalue weighted by molar-refractivity contribution is 6.05. The molecule has 1 aromatic rings. The van der Waals surface area contributed by atoms with Gasteiger partial charge in [-0.2, -0.15) is 0 Å². The molecule has 0 aromatic heterocycles. The molecule has 0 saturated heterocycles. The number of halogens is 2. The van der Waals surface area contributed by atoms with E-state index < -0.39 is 29.1 Å². The zero-order chi connectivity index (χ0) is 14.9. The maximum atomic E-state index is 13.3. The van der Waals surface area contributed by atoms with E-state index in [1.54, 1.807) is 4.90 Å². The predicted octanol–water partition coefficient (Wildman–Crippen LogP) is 2.68. The van der Waals surface area contributed by atoms with Crippen molar-refractivity contribution in [3.63, 3.8) is 0 Å². The molecule has 4 nitrogen and oxygen atoms in total. The van der Waals surface area contributed by atoms with Crippen LogP contribution in [0.25, 0.3) is 0 Å². The van der Waals surface area contributed by atoms with E-state index in [9.17, 15) is 18.4 Å². The second-order valence-electron chi connectivity index (χ2n) is 4.85. The van der Waals surface area contributed by atoms with E-state index in [2.05, 4.69) is 0 Å². The van der Waals surface area contributed by atoms with Gasteiger partial charge in [0.1, 0.15) is 0 Å². The molecule has 0 heterocycles. The van der Waals surface area contributed by atoms with Crippen molar-refractivity contribution >= 4 is 11.9 Å². The minimum Gasteiger partial charge on any atom is -0.478 e. The fourth-order valence-electron chi connectivity index (χ4n) is 2.13. The molecule has 1 aliphatic carbocycles. The summed E-state index contributed by atoms with van der Waals surface area (Å²) >= 11 is 0. The Kier molecular flexibility index (Phi) is 4.01. The molecule has 0 radical (unpaired) electrons. The first-order valence-corrected chi connectivity index (χ1v) is 6.49. The largest absolute Gasteiger partial charge is 0.478 e. The molecule has 20 heavy (non-hydrogen) atoms. The fourth-order valence-corrected chi connectivity index (χ4v) is 2.13. The average molecular weight is 283 g/mol. The van der Waals surface area contributed by atoms with Crippen LogP contribution in [0.5, 0.6) is 0 Å². The molecule has 0 spiro atoms. The molecule has 1 N–H and O–H groups in total. The third-order valence-electron chi connectivity index (χ3n) is 3.23. The van der Waals surface area contributed by atoms with Crippen molar-refractivity contribution in [2.45, 2.75) is 32.2 Å². The molecule has 0 aliphatic heterocycles. The number of carbonyl (C=O) groups is 2. The zero-order valence-corrected chi connectivity index (χ0v) is 11.0. The summed E-state index contributed by atoms with van der Waals surface area (Å²) in [5.74, 6) is -4.48. The van der Waals surface area contributed by atoms with Gasteiger partial charge in [-0.25, -0.2) is 13.6 Å². The Balaban J connectivity index is 2.41. The molecule has 1 fully saturated rings. The smallest absolute Gasteiger partial charge is 0.336 e. The van der Waals surface area contributed by atoms with Gasteiger partial charge in [-0.15, -0.1) is 0 Å². The zero-order valence-electron chi connectivity index (χ0n) is 11.0. The van der Waals surface area contributed by atoms with E-state index in [-0.39, 0.29) is 11.6 Å². The summed E-state index contributed by atoms with van der Waals surface area (Å²) in [5, 5.41) is 9.04. The van der Waals surface area contributed by atoms with Gasteiger partial charge in [0, 0.05) is 12.6 Å². The summed E-state index contributed by atoms with van der Waals surface area (Å²) in [6.07, 6.45) is 2.43. The summed E-state index contributed by atoms with van der Waals surface area (Å²) in [6.45, 7) is 2.37. The number of carbonyl (C=O) groups excluding carboxylic acids is 1. The van der Waals surface area contributed by atoms with Crippen LogP contribution in [0.1, 0.15) is 46.9 Å². The fraction of sp³-hybridized carbons (Fsp3) is 0.429. The molecule has 0 unspecified atom stereocenters. The van der Waals surface area contributed by atoms with Gasteiger partial charge in [0.15, 0.2) is 11.6 Å². The minimum atomic E-state index is -1.44. The third kappa shape index (κ3) is 2.79. The van der Waals surface area contributed by atoms with E-state index in [0.29, 0.717) is 25.1 Å². The van der Waals surface area contributed by atoms with Crippen molar-refractivity contribution in [2.24, 2.45) is 0 Å². The van der Waals surface area contributed by atoms with Crippen molar-refractivity contribution in [1.29, 1.82) is 0 Å². The van der Waals surface area contributed by atoms with Crippen molar-refractivity contribution in [3.05, 3.63) is 34.9 Å². The lowest BCUT2D eigenvalue weighted by atomic mass is 10.1. The van der Waals surface area contributed by atoms with Gasteiger partial charge in [0.25, 0.3) is 5.91 Å². The molecule has 0 atom stereocenters. The van der Waals surface area contributed by atoms with Gasteiger partial charge in [0.05, 0.1) is 11.1 Å². The van der Waals surface area contributed by atoms with Crippen LogP contribution in [0.3, 0.4) is 0 Å². The molecule has 0 bridgehead atoms. The van der Waals surface area contributed by atoms with E-state index in [0.717, 1.165) is 12.8 Å². The molecule has 1 aliphatic rings. The van der Waals surface area contributed by atoms with Crippen LogP contribution in [0, 0.1) is 11.6 Å². The Bertz CT molecular complexity index is 556. The predicted molar refractivity (Wildman–Crippen MR) is 67.7 cm³/mol. The van der Waals surface area contributed by atoms with E-state index >= 15 is 0 Å². The lowest BCUT2D eigenvalue weighted by molar-refractivity contribution is 0.0670. The number of aromatic carboxylic acids is 1. The van der Waals surface area contributed by atoms with Crippen LogP contribution >= 0.6 is 0 Å². The van der Waals surface area contributed by atoms with Gasteiger partial charge < -0.3 is 10.0 Å². The van der Waals surface area contributed by atoms with Gasteiger partial charge in [-0.05, 0) is 31.4 Å². The number of benzene rings is 1. The van der Waals surface area contributed by atoms with E-state index in [1.807, 2.05) is 6.92 Å². The van der Waals surface area contributed by atoms with Crippen LogP contribution in [-0.2, 0) is 0 Å². The number of rotatable bonds is 5. The van der Waals surface area contributed by atoms with Crippen LogP contribution < -0.4 is 0 Å². The van der Waals surface area contributed by atoms with Crippen molar-refractivity contribution in [3.8, 4) is 0 Å². The average Bonchev–Trinajstić information content (AvgIpc) is 3.22. The van der Waals surface area contributed by atoms with Crippen LogP contribution in [-0.4, -0.2) is 34.5 Å². The van der Waals surface area contributed by atoms with Crippen molar-refractivity contribution in [2.75, 3.05) is 6.54 Å². The summed E-state index contributed by atoms with van der Waals surface area (Å²) < 4.78 is 26.5. The second kappa shape index (κ2) is 5.56. The van der Waals surface area contributed by atoms with Crippen LogP contribution in [0.2, 0.25) is 0 Å². The van der Waals surface area contributed by atoms with E-state index in [1.165, 1.54) is 0 Å².